The highest BCUT2D eigenvalue weighted by Crippen LogP contribution is 2.58. The summed E-state index contributed by atoms with van der Waals surface area (Å²) in [7, 11) is -1.96. The lowest BCUT2D eigenvalue weighted by atomic mass is 10.4. The molecule has 4 rings (SSSR count). The molecular formula is C24H22BrN2OPS. The van der Waals surface area contributed by atoms with Gasteiger partial charge in [0.25, 0.3) is 0 Å². The molecule has 4 aromatic rings. The van der Waals surface area contributed by atoms with E-state index in [1.165, 1.54) is 34.2 Å². The van der Waals surface area contributed by atoms with Gasteiger partial charge in [-0.1, -0.05) is 54.6 Å². The Hall–Kier alpha value is -2.33. The summed E-state index contributed by atoms with van der Waals surface area (Å²) in [4.78, 5) is 16.2. The van der Waals surface area contributed by atoms with E-state index in [9.17, 15) is 4.79 Å². The number of amides is 1. The zero-order chi connectivity index (χ0) is 20.1. The highest BCUT2D eigenvalue weighted by atomic mass is 79.9. The fraction of sp³-hybridized carbons (Fsp3) is 0.0833. The van der Waals surface area contributed by atoms with E-state index in [0.717, 1.165) is 11.9 Å². The molecular weight excluding hydrogens is 475 g/mol. The molecule has 0 saturated carbocycles. The predicted octanol–water partition coefficient (Wildman–Crippen LogP) is 1.60. The van der Waals surface area contributed by atoms with Gasteiger partial charge in [-0.2, -0.15) is 0 Å². The number of carbonyl (C=O) groups excluding carboxylic acids is 1. The van der Waals surface area contributed by atoms with Crippen molar-refractivity contribution in [1.29, 1.82) is 0 Å². The third-order valence-corrected chi connectivity index (χ3v) is 9.97. The third-order valence-electron chi connectivity index (χ3n) is 4.82. The summed E-state index contributed by atoms with van der Waals surface area (Å²) >= 11 is 1.48. The van der Waals surface area contributed by atoms with Crippen molar-refractivity contribution in [1.82, 2.24) is 4.98 Å². The van der Waals surface area contributed by atoms with Crippen molar-refractivity contribution >= 4 is 45.6 Å². The molecule has 0 saturated heterocycles. The minimum absolute atomic E-state index is 0. The fourth-order valence-electron chi connectivity index (χ4n) is 3.60. The molecule has 152 valence electrons. The van der Waals surface area contributed by atoms with Crippen LogP contribution in [-0.4, -0.2) is 10.9 Å². The summed E-state index contributed by atoms with van der Waals surface area (Å²) in [6, 6.07) is 32.2. The van der Waals surface area contributed by atoms with E-state index in [1.807, 2.05) is 0 Å². The Morgan fingerprint density at radius 1 is 0.833 bits per heavy atom. The topological polar surface area (TPSA) is 42.0 Å². The number of hydrogen-bond acceptors (Lipinski definition) is 3. The average molecular weight is 497 g/mol. The van der Waals surface area contributed by atoms with Crippen molar-refractivity contribution in [3.63, 3.8) is 0 Å². The predicted molar refractivity (Wildman–Crippen MR) is 125 cm³/mol. The summed E-state index contributed by atoms with van der Waals surface area (Å²) in [5, 5.41) is 9.50. The van der Waals surface area contributed by atoms with Gasteiger partial charge in [-0.3, -0.25) is 4.79 Å². The van der Waals surface area contributed by atoms with E-state index in [2.05, 4.69) is 102 Å². The van der Waals surface area contributed by atoms with Gasteiger partial charge in [-0.25, -0.2) is 4.98 Å². The van der Waals surface area contributed by atoms with Gasteiger partial charge in [0.15, 0.2) is 5.13 Å². The monoisotopic (exact) mass is 496 g/mol. The second-order valence-corrected chi connectivity index (χ2v) is 11.1. The number of halogens is 1. The van der Waals surface area contributed by atoms with Crippen molar-refractivity contribution < 1.29 is 21.8 Å². The smallest absolute Gasteiger partial charge is 0.223 e. The Balaban J connectivity index is 0.00000256. The second kappa shape index (κ2) is 10.1. The van der Waals surface area contributed by atoms with E-state index in [-0.39, 0.29) is 22.9 Å². The maximum atomic E-state index is 11.4. The van der Waals surface area contributed by atoms with Gasteiger partial charge >= 0.3 is 0 Å². The molecule has 3 nitrogen and oxygen atoms in total. The second-order valence-electron chi connectivity index (χ2n) is 6.80. The van der Waals surface area contributed by atoms with Crippen LogP contribution >= 0.6 is 18.6 Å². The first-order valence-electron chi connectivity index (χ1n) is 9.45. The summed E-state index contributed by atoms with van der Waals surface area (Å²) in [5.41, 5.74) is 1.00. The van der Waals surface area contributed by atoms with Gasteiger partial charge in [0.1, 0.15) is 29.3 Å². The largest absolute Gasteiger partial charge is 1.00 e. The van der Waals surface area contributed by atoms with Crippen LogP contribution in [0.2, 0.25) is 0 Å². The van der Waals surface area contributed by atoms with Gasteiger partial charge in [0.05, 0.1) is 5.69 Å². The van der Waals surface area contributed by atoms with E-state index < -0.39 is 7.26 Å². The first-order chi connectivity index (χ1) is 14.2. The Morgan fingerprint density at radius 2 is 1.27 bits per heavy atom. The molecule has 6 heteroatoms. The maximum Gasteiger partial charge on any atom is 0.223 e. The molecule has 0 aliphatic carbocycles. The SMILES string of the molecule is CC(=O)Nc1nc(C[P+](c2ccccc2)(c2ccccc2)c2ccccc2)cs1.[Br-]. The first-order valence-corrected chi connectivity index (χ1v) is 12.3. The molecule has 0 radical (unpaired) electrons. The Bertz CT molecular complexity index is 991. The van der Waals surface area contributed by atoms with Crippen LogP contribution < -0.4 is 38.2 Å². The molecule has 0 bridgehead atoms. The summed E-state index contributed by atoms with van der Waals surface area (Å²) in [6.45, 7) is 1.51. The lowest BCUT2D eigenvalue weighted by molar-refractivity contribution is -0.114. The molecule has 0 aliphatic rings. The number of carbonyl (C=O) groups is 1. The number of benzene rings is 3. The van der Waals surface area contributed by atoms with Crippen molar-refractivity contribution in [2.45, 2.75) is 13.1 Å². The molecule has 0 spiro atoms. The van der Waals surface area contributed by atoms with Gasteiger partial charge in [0.2, 0.25) is 5.91 Å². The van der Waals surface area contributed by atoms with Crippen LogP contribution in [0.1, 0.15) is 12.6 Å². The van der Waals surface area contributed by atoms with Crippen molar-refractivity contribution in [2.24, 2.45) is 0 Å². The minimum Gasteiger partial charge on any atom is -1.00 e. The molecule has 0 atom stereocenters. The lowest BCUT2D eigenvalue weighted by Crippen LogP contribution is -3.00. The zero-order valence-corrected chi connectivity index (χ0v) is 19.8. The number of hydrogen-bond donors (Lipinski definition) is 1. The molecule has 0 unspecified atom stereocenters. The van der Waals surface area contributed by atoms with Crippen LogP contribution in [0.25, 0.3) is 0 Å². The van der Waals surface area contributed by atoms with E-state index >= 15 is 0 Å². The van der Waals surface area contributed by atoms with Crippen LogP contribution in [0.4, 0.5) is 5.13 Å². The van der Waals surface area contributed by atoms with Gasteiger partial charge in [0, 0.05) is 12.3 Å². The summed E-state index contributed by atoms with van der Waals surface area (Å²) < 4.78 is 0. The summed E-state index contributed by atoms with van der Waals surface area (Å²) in [6.07, 6.45) is 0.807. The summed E-state index contributed by atoms with van der Waals surface area (Å²) in [5.74, 6) is -0.0962. The molecule has 0 fully saturated rings. The first kappa shape index (κ1) is 22.4. The Kier molecular flexibility index (Phi) is 7.54. The third kappa shape index (κ3) is 4.70. The van der Waals surface area contributed by atoms with Crippen molar-refractivity contribution in [2.75, 3.05) is 5.32 Å². The standard InChI is InChI=1S/C24H21N2OPS.BrH/c1-19(27)25-24-26-20(18-29-24)17-28(21-11-5-2-6-12-21,22-13-7-3-8-14-22)23-15-9-4-10-16-23;/h2-16,18H,17H2,1H3;1H. The quantitative estimate of drug-likeness (QED) is 0.412. The molecule has 1 amide bonds. The molecule has 1 aromatic heterocycles. The maximum absolute atomic E-state index is 11.4. The highest BCUT2D eigenvalue weighted by Gasteiger charge is 2.46. The van der Waals surface area contributed by atoms with Gasteiger partial charge < -0.3 is 22.3 Å². The average Bonchev–Trinajstić information content (AvgIpc) is 3.20. The lowest BCUT2D eigenvalue weighted by Gasteiger charge is -2.27. The Labute approximate surface area is 192 Å². The number of thiazole rings is 1. The number of nitrogens with zero attached hydrogens (tertiary/aromatic N) is 1. The Morgan fingerprint density at radius 3 is 1.67 bits per heavy atom. The molecule has 1 heterocycles. The number of nitrogens with one attached hydrogen (secondary N) is 1. The molecule has 3 aromatic carbocycles. The van der Waals surface area contributed by atoms with Crippen molar-refractivity contribution in [3.8, 4) is 0 Å². The zero-order valence-electron chi connectivity index (χ0n) is 16.5. The minimum atomic E-state index is -1.96. The number of aromatic nitrogens is 1. The van der Waals surface area contributed by atoms with Gasteiger partial charge in [-0.15, -0.1) is 11.3 Å². The van der Waals surface area contributed by atoms with Crippen LogP contribution in [0.3, 0.4) is 0 Å². The highest BCUT2D eigenvalue weighted by molar-refractivity contribution is 7.95. The van der Waals surface area contributed by atoms with Crippen LogP contribution in [0, 0.1) is 0 Å². The normalized spacial score (nSPS) is 10.8. The van der Waals surface area contributed by atoms with E-state index in [0.29, 0.717) is 5.13 Å². The van der Waals surface area contributed by atoms with Crippen molar-refractivity contribution in [3.05, 3.63) is 102 Å². The number of rotatable bonds is 6. The van der Waals surface area contributed by atoms with Crippen LogP contribution in [-0.2, 0) is 11.0 Å². The van der Waals surface area contributed by atoms with E-state index in [1.54, 1.807) is 0 Å². The molecule has 30 heavy (non-hydrogen) atoms. The molecule has 0 aliphatic heterocycles. The van der Waals surface area contributed by atoms with Crippen LogP contribution in [0.15, 0.2) is 96.4 Å². The van der Waals surface area contributed by atoms with E-state index in [4.69, 9.17) is 4.98 Å². The fourth-order valence-corrected chi connectivity index (χ4v) is 8.61. The van der Waals surface area contributed by atoms with Crippen LogP contribution in [0.5, 0.6) is 0 Å². The number of anilines is 1. The molecule has 1 N–H and O–H groups in total. The van der Waals surface area contributed by atoms with Gasteiger partial charge in [-0.05, 0) is 36.4 Å².